The van der Waals surface area contributed by atoms with Crippen LogP contribution in [-0.2, 0) is 11.2 Å². The van der Waals surface area contributed by atoms with Gasteiger partial charge in [0.2, 0.25) is 0 Å². The van der Waals surface area contributed by atoms with Crippen LogP contribution in [0.1, 0.15) is 37.8 Å². The SMILES string of the molecule is CCNC(CCCOCC)Cc1ccc(F)cc1C. The van der Waals surface area contributed by atoms with Crippen LogP contribution in [0, 0.1) is 12.7 Å². The number of benzene rings is 1. The van der Waals surface area contributed by atoms with E-state index in [1.807, 2.05) is 19.9 Å². The second-order valence-electron chi connectivity index (χ2n) is 4.87. The van der Waals surface area contributed by atoms with Crippen LogP contribution in [0.4, 0.5) is 4.39 Å². The molecule has 1 N–H and O–H groups in total. The van der Waals surface area contributed by atoms with E-state index in [0.29, 0.717) is 6.04 Å². The summed E-state index contributed by atoms with van der Waals surface area (Å²) in [6, 6.07) is 5.50. The van der Waals surface area contributed by atoms with E-state index in [4.69, 9.17) is 4.74 Å². The second-order valence-corrected chi connectivity index (χ2v) is 4.87. The lowest BCUT2D eigenvalue weighted by Gasteiger charge is -2.19. The van der Waals surface area contributed by atoms with Crippen molar-refractivity contribution in [1.29, 1.82) is 0 Å². The first kappa shape index (κ1) is 16.1. The first-order chi connectivity index (χ1) is 9.17. The fourth-order valence-electron chi connectivity index (χ4n) is 2.29. The lowest BCUT2D eigenvalue weighted by Crippen LogP contribution is -2.31. The molecule has 0 spiro atoms. The molecular weight excluding hydrogens is 241 g/mol. The van der Waals surface area contributed by atoms with Crippen molar-refractivity contribution in [3.05, 3.63) is 35.1 Å². The Balaban J connectivity index is 2.51. The summed E-state index contributed by atoms with van der Waals surface area (Å²) >= 11 is 0. The third kappa shape index (κ3) is 6.17. The van der Waals surface area contributed by atoms with Gasteiger partial charge in [0.15, 0.2) is 0 Å². The molecule has 0 saturated heterocycles. The summed E-state index contributed by atoms with van der Waals surface area (Å²) in [5.41, 5.74) is 2.26. The number of halogens is 1. The summed E-state index contributed by atoms with van der Waals surface area (Å²) in [6.45, 7) is 8.67. The van der Waals surface area contributed by atoms with Crippen molar-refractivity contribution in [2.45, 2.75) is 46.1 Å². The highest BCUT2D eigenvalue weighted by atomic mass is 19.1. The fourth-order valence-corrected chi connectivity index (χ4v) is 2.29. The lowest BCUT2D eigenvalue weighted by atomic mass is 9.98. The third-order valence-electron chi connectivity index (χ3n) is 3.31. The summed E-state index contributed by atoms with van der Waals surface area (Å²) in [5.74, 6) is -0.155. The zero-order valence-corrected chi connectivity index (χ0v) is 12.3. The van der Waals surface area contributed by atoms with Gasteiger partial charge < -0.3 is 10.1 Å². The Bertz CT molecular complexity index is 368. The molecule has 2 nitrogen and oxygen atoms in total. The average molecular weight is 267 g/mol. The normalized spacial score (nSPS) is 12.6. The van der Waals surface area contributed by atoms with Crippen molar-refractivity contribution >= 4 is 0 Å². The molecule has 0 aromatic heterocycles. The van der Waals surface area contributed by atoms with Gasteiger partial charge in [0.1, 0.15) is 5.82 Å². The van der Waals surface area contributed by atoms with E-state index < -0.39 is 0 Å². The van der Waals surface area contributed by atoms with Crippen molar-refractivity contribution in [3.8, 4) is 0 Å². The number of rotatable bonds is 9. The molecular formula is C16H26FNO. The summed E-state index contributed by atoms with van der Waals surface area (Å²) in [4.78, 5) is 0. The summed E-state index contributed by atoms with van der Waals surface area (Å²) in [6.07, 6.45) is 3.10. The molecule has 1 atom stereocenters. The molecule has 0 heterocycles. The lowest BCUT2D eigenvalue weighted by molar-refractivity contribution is 0.141. The maximum absolute atomic E-state index is 13.1. The number of aryl methyl sites for hydroxylation is 1. The molecule has 0 aliphatic heterocycles. The first-order valence-corrected chi connectivity index (χ1v) is 7.23. The highest BCUT2D eigenvalue weighted by molar-refractivity contribution is 5.27. The van der Waals surface area contributed by atoms with Crippen molar-refractivity contribution in [3.63, 3.8) is 0 Å². The van der Waals surface area contributed by atoms with Gasteiger partial charge in [-0.3, -0.25) is 0 Å². The Hall–Kier alpha value is -0.930. The van der Waals surface area contributed by atoms with Crippen LogP contribution in [0.25, 0.3) is 0 Å². The summed E-state index contributed by atoms with van der Waals surface area (Å²) in [5, 5.41) is 3.50. The molecule has 0 bridgehead atoms. The fraction of sp³-hybridized carbons (Fsp3) is 0.625. The van der Waals surface area contributed by atoms with Gasteiger partial charge in [-0.2, -0.15) is 0 Å². The number of hydrogen-bond donors (Lipinski definition) is 1. The molecule has 0 aliphatic carbocycles. The number of nitrogens with one attached hydrogen (secondary N) is 1. The van der Waals surface area contributed by atoms with Gasteiger partial charge in [0, 0.05) is 19.3 Å². The number of ether oxygens (including phenoxy) is 1. The minimum atomic E-state index is -0.155. The van der Waals surface area contributed by atoms with Gasteiger partial charge >= 0.3 is 0 Å². The zero-order valence-electron chi connectivity index (χ0n) is 12.3. The minimum absolute atomic E-state index is 0.155. The van der Waals surface area contributed by atoms with Crippen molar-refractivity contribution in [2.75, 3.05) is 19.8 Å². The third-order valence-corrected chi connectivity index (χ3v) is 3.31. The Kier molecular flexibility index (Phi) is 7.68. The highest BCUT2D eigenvalue weighted by Crippen LogP contribution is 2.14. The summed E-state index contributed by atoms with van der Waals surface area (Å²) < 4.78 is 18.5. The molecule has 1 rings (SSSR count). The van der Waals surface area contributed by atoms with Crippen LogP contribution in [0.15, 0.2) is 18.2 Å². The maximum atomic E-state index is 13.1. The van der Waals surface area contributed by atoms with Crippen molar-refractivity contribution in [2.24, 2.45) is 0 Å². The predicted molar refractivity (Wildman–Crippen MR) is 78.0 cm³/mol. The van der Waals surface area contributed by atoms with Gasteiger partial charge in [-0.25, -0.2) is 4.39 Å². The van der Waals surface area contributed by atoms with E-state index in [-0.39, 0.29) is 5.82 Å². The Morgan fingerprint density at radius 2 is 2.11 bits per heavy atom. The maximum Gasteiger partial charge on any atom is 0.123 e. The van der Waals surface area contributed by atoms with Crippen LogP contribution >= 0.6 is 0 Å². The van der Waals surface area contributed by atoms with Gasteiger partial charge in [-0.1, -0.05) is 13.0 Å². The van der Waals surface area contributed by atoms with Crippen LogP contribution < -0.4 is 5.32 Å². The molecule has 0 saturated carbocycles. The molecule has 108 valence electrons. The number of hydrogen-bond acceptors (Lipinski definition) is 2. The van der Waals surface area contributed by atoms with Gasteiger partial charge in [0.25, 0.3) is 0 Å². The van der Waals surface area contributed by atoms with Crippen molar-refractivity contribution < 1.29 is 9.13 Å². The molecule has 1 unspecified atom stereocenters. The van der Waals surface area contributed by atoms with Gasteiger partial charge in [-0.05, 0) is 62.9 Å². The topological polar surface area (TPSA) is 21.3 Å². The van der Waals surface area contributed by atoms with Crippen LogP contribution in [0.2, 0.25) is 0 Å². The molecule has 1 aromatic carbocycles. The Labute approximate surface area is 116 Å². The minimum Gasteiger partial charge on any atom is -0.382 e. The summed E-state index contributed by atoms with van der Waals surface area (Å²) in [7, 11) is 0. The monoisotopic (exact) mass is 267 g/mol. The van der Waals surface area contributed by atoms with E-state index in [9.17, 15) is 4.39 Å². The second kappa shape index (κ2) is 9.05. The smallest absolute Gasteiger partial charge is 0.123 e. The van der Waals surface area contributed by atoms with E-state index in [1.54, 1.807) is 12.1 Å². The quantitative estimate of drug-likeness (QED) is 0.692. The van der Waals surface area contributed by atoms with E-state index >= 15 is 0 Å². The standard InChI is InChI=1S/C16H26FNO/c1-4-18-16(7-6-10-19-5-2)12-14-8-9-15(17)11-13(14)3/h8-9,11,16,18H,4-7,10,12H2,1-3H3. The average Bonchev–Trinajstić information content (AvgIpc) is 2.38. The highest BCUT2D eigenvalue weighted by Gasteiger charge is 2.10. The largest absolute Gasteiger partial charge is 0.382 e. The van der Waals surface area contributed by atoms with Gasteiger partial charge in [0.05, 0.1) is 0 Å². The molecule has 1 aromatic rings. The predicted octanol–water partition coefficient (Wildman–Crippen LogP) is 3.47. The zero-order chi connectivity index (χ0) is 14.1. The first-order valence-electron chi connectivity index (χ1n) is 7.23. The van der Waals surface area contributed by atoms with E-state index in [1.165, 1.54) is 5.56 Å². The molecule has 0 fully saturated rings. The Morgan fingerprint density at radius 1 is 1.32 bits per heavy atom. The van der Waals surface area contributed by atoms with E-state index in [0.717, 1.165) is 44.6 Å². The molecule has 3 heteroatoms. The molecule has 0 aliphatic rings. The van der Waals surface area contributed by atoms with E-state index in [2.05, 4.69) is 12.2 Å². The van der Waals surface area contributed by atoms with Gasteiger partial charge in [-0.15, -0.1) is 0 Å². The van der Waals surface area contributed by atoms with Crippen molar-refractivity contribution in [1.82, 2.24) is 5.32 Å². The molecule has 0 amide bonds. The number of likely N-dealkylation sites (N-methyl/N-ethyl adjacent to an activating group) is 1. The van der Waals surface area contributed by atoms with Crippen LogP contribution in [-0.4, -0.2) is 25.8 Å². The Morgan fingerprint density at radius 3 is 2.74 bits per heavy atom. The van der Waals surface area contributed by atoms with Crippen LogP contribution in [0.3, 0.4) is 0 Å². The molecule has 0 radical (unpaired) electrons. The molecule has 19 heavy (non-hydrogen) atoms. The van der Waals surface area contributed by atoms with Crippen LogP contribution in [0.5, 0.6) is 0 Å².